The predicted molar refractivity (Wildman–Crippen MR) is 97.0 cm³/mol. The Morgan fingerprint density at radius 2 is 1.54 bits per heavy atom. The third-order valence-electron chi connectivity index (χ3n) is 4.89. The summed E-state index contributed by atoms with van der Waals surface area (Å²) in [6, 6.07) is 5.54. The van der Waals surface area contributed by atoms with Gasteiger partial charge in [0.1, 0.15) is 5.82 Å². The first-order valence-electron chi connectivity index (χ1n) is 8.50. The van der Waals surface area contributed by atoms with Gasteiger partial charge in [-0.3, -0.25) is 14.4 Å². The number of nitrogens with two attached hydrogens (primary N) is 3. The van der Waals surface area contributed by atoms with Crippen molar-refractivity contribution in [1.82, 2.24) is 0 Å². The van der Waals surface area contributed by atoms with Crippen LogP contribution in [0.5, 0.6) is 0 Å². The fraction of sp³-hybridized carbons (Fsp3) is 0.526. The largest absolute Gasteiger partial charge is 0.370 e. The lowest BCUT2D eigenvalue weighted by Gasteiger charge is -2.47. The molecule has 0 radical (unpaired) electrons. The Balaban J connectivity index is 3.80. The average molecular weight is 365 g/mol. The highest BCUT2D eigenvalue weighted by Crippen LogP contribution is 2.52. The maximum absolute atomic E-state index is 13.4. The van der Waals surface area contributed by atoms with Crippen molar-refractivity contribution in [2.75, 3.05) is 0 Å². The predicted octanol–water partition coefficient (Wildman–Crippen LogP) is 1.81. The van der Waals surface area contributed by atoms with Crippen molar-refractivity contribution >= 4 is 17.7 Å². The number of carbonyl (C=O) groups is 3. The molecule has 0 heterocycles. The van der Waals surface area contributed by atoms with Gasteiger partial charge in [-0.25, -0.2) is 4.39 Å². The Morgan fingerprint density at radius 1 is 1.04 bits per heavy atom. The quantitative estimate of drug-likeness (QED) is 0.649. The van der Waals surface area contributed by atoms with Gasteiger partial charge in [-0.15, -0.1) is 0 Å². The Morgan fingerprint density at radius 3 is 1.85 bits per heavy atom. The third kappa shape index (κ3) is 4.20. The molecule has 0 bridgehead atoms. The first-order valence-corrected chi connectivity index (χ1v) is 8.50. The Hall–Kier alpha value is -2.44. The molecule has 0 saturated carbocycles. The molecule has 0 spiro atoms. The van der Waals surface area contributed by atoms with Crippen LogP contribution in [0.4, 0.5) is 4.39 Å². The summed E-state index contributed by atoms with van der Waals surface area (Å²) in [4.78, 5) is 37.0. The summed E-state index contributed by atoms with van der Waals surface area (Å²) in [6.07, 6.45) is -0.0508. The minimum atomic E-state index is -1.62. The molecule has 0 aliphatic rings. The normalized spacial score (nSPS) is 16.3. The zero-order valence-corrected chi connectivity index (χ0v) is 15.7. The Kier molecular flexibility index (Phi) is 6.52. The van der Waals surface area contributed by atoms with E-state index in [9.17, 15) is 18.8 Å². The second kappa shape index (κ2) is 7.85. The molecule has 1 rings (SSSR count). The first kappa shape index (κ1) is 21.6. The van der Waals surface area contributed by atoms with Gasteiger partial charge in [0.2, 0.25) is 17.7 Å². The summed E-state index contributed by atoms with van der Waals surface area (Å²) >= 11 is 0. The van der Waals surface area contributed by atoms with Crippen LogP contribution in [-0.4, -0.2) is 17.7 Å². The molecular weight excluding hydrogens is 337 g/mol. The van der Waals surface area contributed by atoms with Gasteiger partial charge in [0.15, 0.2) is 0 Å². The average Bonchev–Trinajstić information content (AvgIpc) is 2.46. The van der Waals surface area contributed by atoms with E-state index in [1.54, 1.807) is 27.7 Å². The van der Waals surface area contributed by atoms with Crippen LogP contribution in [0.25, 0.3) is 0 Å². The second-order valence-electron chi connectivity index (χ2n) is 7.76. The highest BCUT2D eigenvalue weighted by molar-refractivity contribution is 5.94. The number of hydrogen-bond acceptors (Lipinski definition) is 3. The number of hydrogen-bond donors (Lipinski definition) is 3. The zero-order chi connectivity index (χ0) is 20.3. The molecule has 26 heavy (non-hydrogen) atoms. The van der Waals surface area contributed by atoms with E-state index < -0.39 is 52.6 Å². The maximum atomic E-state index is 13.4. The molecule has 1 aromatic rings. The molecule has 144 valence electrons. The standard InChI is InChI=1S/C19H28FN3O3/c1-5-13(11-6-8-12(20)9-7-11)19(17(23)26,10-14(21)24)15(16(22)25)18(2,3)4/h6-9,13,15H,5,10H2,1-4H3,(H2,21,24)(H2,22,25)(H2,23,26)/t13-,15?,19?/m1/s1. The lowest BCUT2D eigenvalue weighted by Crippen LogP contribution is -2.57. The van der Waals surface area contributed by atoms with Crippen LogP contribution < -0.4 is 17.2 Å². The van der Waals surface area contributed by atoms with E-state index >= 15 is 0 Å². The van der Waals surface area contributed by atoms with Crippen molar-refractivity contribution < 1.29 is 18.8 Å². The van der Waals surface area contributed by atoms with Crippen LogP contribution in [0.2, 0.25) is 0 Å². The van der Waals surface area contributed by atoms with E-state index in [2.05, 4.69) is 0 Å². The second-order valence-corrected chi connectivity index (χ2v) is 7.76. The summed E-state index contributed by atoms with van der Waals surface area (Å²) in [7, 11) is 0. The van der Waals surface area contributed by atoms with Crippen molar-refractivity contribution in [3.05, 3.63) is 35.6 Å². The van der Waals surface area contributed by atoms with E-state index in [1.165, 1.54) is 24.3 Å². The van der Waals surface area contributed by atoms with Crippen molar-refractivity contribution in [3.8, 4) is 0 Å². The molecule has 3 atom stereocenters. The maximum Gasteiger partial charge on any atom is 0.225 e. The van der Waals surface area contributed by atoms with Gasteiger partial charge in [0, 0.05) is 6.42 Å². The molecular formula is C19H28FN3O3. The number of benzene rings is 1. The summed E-state index contributed by atoms with van der Waals surface area (Å²) in [5.41, 5.74) is 15.1. The van der Waals surface area contributed by atoms with Gasteiger partial charge in [-0.05, 0) is 35.4 Å². The van der Waals surface area contributed by atoms with Crippen LogP contribution in [-0.2, 0) is 14.4 Å². The van der Waals surface area contributed by atoms with E-state index in [0.29, 0.717) is 12.0 Å². The van der Waals surface area contributed by atoms with Crippen molar-refractivity contribution in [3.63, 3.8) is 0 Å². The molecule has 6 nitrogen and oxygen atoms in total. The fourth-order valence-electron chi connectivity index (χ4n) is 4.16. The van der Waals surface area contributed by atoms with E-state index in [4.69, 9.17) is 17.2 Å². The lowest BCUT2D eigenvalue weighted by molar-refractivity contribution is -0.150. The van der Waals surface area contributed by atoms with Gasteiger partial charge < -0.3 is 17.2 Å². The molecule has 0 fully saturated rings. The van der Waals surface area contributed by atoms with Gasteiger partial charge in [-0.2, -0.15) is 0 Å². The van der Waals surface area contributed by atoms with Crippen LogP contribution in [0.3, 0.4) is 0 Å². The lowest BCUT2D eigenvalue weighted by atomic mass is 9.54. The SMILES string of the molecule is CC[C@H](c1ccc(F)cc1)C(CC(N)=O)(C(N)=O)C(C(N)=O)C(C)(C)C. The summed E-state index contributed by atoms with van der Waals surface area (Å²) in [5.74, 6) is -4.45. The third-order valence-corrected chi connectivity index (χ3v) is 4.89. The van der Waals surface area contributed by atoms with Crippen molar-refractivity contribution in [2.24, 2.45) is 33.9 Å². The molecule has 0 aromatic heterocycles. The van der Waals surface area contributed by atoms with Crippen LogP contribution in [0.1, 0.15) is 52.0 Å². The zero-order valence-electron chi connectivity index (χ0n) is 15.7. The smallest absolute Gasteiger partial charge is 0.225 e. The van der Waals surface area contributed by atoms with Gasteiger partial charge in [0.25, 0.3) is 0 Å². The molecule has 6 N–H and O–H groups in total. The summed E-state index contributed by atoms with van der Waals surface area (Å²) < 4.78 is 13.4. The first-order chi connectivity index (χ1) is 11.9. The number of primary amides is 3. The van der Waals surface area contributed by atoms with Crippen LogP contribution >= 0.6 is 0 Å². The topological polar surface area (TPSA) is 129 Å². The molecule has 7 heteroatoms. The highest BCUT2D eigenvalue weighted by atomic mass is 19.1. The molecule has 2 unspecified atom stereocenters. The minimum Gasteiger partial charge on any atom is -0.370 e. The monoisotopic (exact) mass is 365 g/mol. The molecule has 0 aliphatic heterocycles. The van der Waals surface area contributed by atoms with Gasteiger partial charge >= 0.3 is 0 Å². The summed E-state index contributed by atoms with van der Waals surface area (Å²) in [6.45, 7) is 7.04. The minimum absolute atomic E-state index is 0.377. The number of amides is 3. The number of rotatable bonds is 8. The van der Waals surface area contributed by atoms with Crippen LogP contribution in [0, 0.1) is 22.6 Å². The highest BCUT2D eigenvalue weighted by Gasteiger charge is 2.57. The van der Waals surface area contributed by atoms with Gasteiger partial charge in [-0.1, -0.05) is 39.8 Å². The van der Waals surface area contributed by atoms with E-state index in [-0.39, 0.29) is 0 Å². The van der Waals surface area contributed by atoms with Crippen molar-refractivity contribution in [1.29, 1.82) is 0 Å². The van der Waals surface area contributed by atoms with E-state index in [0.717, 1.165) is 0 Å². The number of carbonyl (C=O) groups excluding carboxylic acids is 3. The molecule has 0 aliphatic carbocycles. The number of halogens is 1. The van der Waals surface area contributed by atoms with Crippen LogP contribution in [0.15, 0.2) is 24.3 Å². The van der Waals surface area contributed by atoms with E-state index in [1.807, 2.05) is 0 Å². The molecule has 3 amide bonds. The van der Waals surface area contributed by atoms with Crippen molar-refractivity contribution in [2.45, 2.75) is 46.5 Å². The fourth-order valence-corrected chi connectivity index (χ4v) is 4.16. The molecule has 1 aromatic carbocycles. The Bertz CT molecular complexity index is 682. The summed E-state index contributed by atoms with van der Waals surface area (Å²) in [5, 5.41) is 0. The van der Waals surface area contributed by atoms with Gasteiger partial charge in [0.05, 0.1) is 11.3 Å². The Labute approximate surface area is 153 Å². The molecule has 0 saturated heterocycles.